The summed E-state index contributed by atoms with van der Waals surface area (Å²) >= 11 is 0. The molecule has 0 saturated heterocycles. The Balaban J connectivity index is 1.99. The Labute approximate surface area is 102 Å². The lowest BCUT2D eigenvalue weighted by Crippen LogP contribution is -2.20. The van der Waals surface area contributed by atoms with Gasteiger partial charge in [-0.1, -0.05) is 60.4 Å². The molecular formula is C16H15N. The van der Waals surface area contributed by atoms with Gasteiger partial charge in [0.15, 0.2) is 0 Å². The minimum Gasteiger partial charge on any atom is -0.317 e. The van der Waals surface area contributed by atoms with Gasteiger partial charge in [0.05, 0.1) is 6.04 Å². The zero-order valence-electron chi connectivity index (χ0n) is 9.64. The number of rotatable bonds is 2. The highest BCUT2D eigenvalue weighted by atomic mass is 14.6. The molecule has 84 valence electrons. The number of benzene rings is 2. The van der Waals surface area contributed by atoms with Crippen LogP contribution in [0.1, 0.15) is 11.1 Å². The van der Waals surface area contributed by atoms with E-state index >= 15 is 0 Å². The molecule has 0 saturated carbocycles. The second-order valence-corrected chi connectivity index (χ2v) is 3.93. The molecule has 2 aromatic rings. The number of hydrogen-bond acceptors (Lipinski definition) is 1. The zero-order chi connectivity index (χ0) is 11.9. The largest absolute Gasteiger partial charge is 0.317 e. The highest BCUT2D eigenvalue weighted by molar-refractivity contribution is 5.35. The molecule has 2 aromatic carbocycles. The van der Waals surface area contributed by atoms with E-state index in [1.54, 1.807) is 0 Å². The standard InChI is InChI=1S/C16H15N/c17-16(13-15-9-5-2-6-10-15)12-11-14-7-3-1-4-8-14/h1-10,16H,13,17H2. The molecule has 0 amide bonds. The Morgan fingerprint density at radius 3 is 2.12 bits per heavy atom. The fraction of sp³-hybridized carbons (Fsp3) is 0.125. The van der Waals surface area contributed by atoms with Gasteiger partial charge in [-0.3, -0.25) is 0 Å². The average Bonchev–Trinajstić information content (AvgIpc) is 2.39. The van der Waals surface area contributed by atoms with Crippen molar-refractivity contribution in [1.82, 2.24) is 0 Å². The van der Waals surface area contributed by atoms with E-state index in [1.165, 1.54) is 5.56 Å². The molecule has 0 aliphatic heterocycles. The molecule has 0 heterocycles. The summed E-state index contributed by atoms with van der Waals surface area (Å²) in [6.07, 6.45) is 0.792. The van der Waals surface area contributed by atoms with E-state index in [0.717, 1.165) is 12.0 Å². The van der Waals surface area contributed by atoms with Crippen molar-refractivity contribution in [2.24, 2.45) is 5.73 Å². The second-order valence-electron chi connectivity index (χ2n) is 3.93. The molecule has 1 atom stereocenters. The molecular weight excluding hydrogens is 206 g/mol. The molecule has 17 heavy (non-hydrogen) atoms. The van der Waals surface area contributed by atoms with Crippen molar-refractivity contribution in [3.63, 3.8) is 0 Å². The molecule has 0 fully saturated rings. The molecule has 0 aliphatic carbocycles. The Bertz CT molecular complexity index is 505. The quantitative estimate of drug-likeness (QED) is 0.775. The fourth-order valence-corrected chi connectivity index (χ4v) is 1.62. The fourth-order valence-electron chi connectivity index (χ4n) is 1.62. The molecule has 2 N–H and O–H groups in total. The van der Waals surface area contributed by atoms with Crippen LogP contribution >= 0.6 is 0 Å². The van der Waals surface area contributed by atoms with E-state index in [2.05, 4.69) is 24.0 Å². The Hall–Kier alpha value is -2.04. The first-order chi connectivity index (χ1) is 8.34. The van der Waals surface area contributed by atoms with Gasteiger partial charge >= 0.3 is 0 Å². The van der Waals surface area contributed by atoms with Crippen LogP contribution < -0.4 is 5.73 Å². The first-order valence-electron chi connectivity index (χ1n) is 5.71. The molecule has 1 unspecified atom stereocenters. The maximum Gasteiger partial charge on any atom is 0.0709 e. The van der Waals surface area contributed by atoms with Crippen LogP contribution in [0, 0.1) is 11.8 Å². The predicted molar refractivity (Wildman–Crippen MR) is 71.4 cm³/mol. The van der Waals surface area contributed by atoms with Crippen LogP contribution in [0.25, 0.3) is 0 Å². The Morgan fingerprint density at radius 1 is 0.882 bits per heavy atom. The van der Waals surface area contributed by atoms with Crippen molar-refractivity contribution >= 4 is 0 Å². The van der Waals surface area contributed by atoms with Crippen molar-refractivity contribution in [1.29, 1.82) is 0 Å². The molecule has 2 rings (SSSR count). The molecule has 1 heteroatoms. The average molecular weight is 221 g/mol. The van der Waals surface area contributed by atoms with Crippen molar-refractivity contribution in [3.05, 3.63) is 71.8 Å². The summed E-state index contributed by atoms with van der Waals surface area (Å²) in [7, 11) is 0. The normalized spacial score (nSPS) is 11.4. The summed E-state index contributed by atoms with van der Waals surface area (Å²) in [4.78, 5) is 0. The van der Waals surface area contributed by atoms with E-state index in [4.69, 9.17) is 5.73 Å². The molecule has 0 bridgehead atoms. The molecule has 0 radical (unpaired) electrons. The van der Waals surface area contributed by atoms with Crippen LogP contribution in [0.3, 0.4) is 0 Å². The minimum atomic E-state index is -0.113. The topological polar surface area (TPSA) is 26.0 Å². The van der Waals surface area contributed by atoms with E-state index < -0.39 is 0 Å². The minimum absolute atomic E-state index is 0.113. The van der Waals surface area contributed by atoms with Gasteiger partial charge in [0, 0.05) is 5.56 Å². The summed E-state index contributed by atoms with van der Waals surface area (Å²) in [5.74, 6) is 6.16. The monoisotopic (exact) mass is 221 g/mol. The van der Waals surface area contributed by atoms with Crippen LogP contribution in [-0.2, 0) is 6.42 Å². The van der Waals surface area contributed by atoms with E-state index in [1.807, 2.05) is 48.5 Å². The Kier molecular flexibility index (Phi) is 3.96. The first-order valence-corrected chi connectivity index (χ1v) is 5.71. The molecule has 0 aliphatic rings. The summed E-state index contributed by atoms with van der Waals surface area (Å²) in [5, 5.41) is 0. The van der Waals surface area contributed by atoms with Crippen LogP contribution in [-0.4, -0.2) is 6.04 Å². The van der Waals surface area contributed by atoms with Crippen molar-refractivity contribution < 1.29 is 0 Å². The van der Waals surface area contributed by atoms with E-state index in [9.17, 15) is 0 Å². The highest BCUT2D eigenvalue weighted by Crippen LogP contribution is 2.01. The summed E-state index contributed by atoms with van der Waals surface area (Å²) in [6.45, 7) is 0. The van der Waals surface area contributed by atoms with E-state index in [0.29, 0.717) is 0 Å². The third-order valence-electron chi connectivity index (χ3n) is 2.47. The van der Waals surface area contributed by atoms with E-state index in [-0.39, 0.29) is 6.04 Å². The smallest absolute Gasteiger partial charge is 0.0709 e. The molecule has 0 spiro atoms. The lowest BCUT2D eigenvalue weighted by molar-refractivity contribution is 0.835. The van der Waals surface area contributed by atoms with Crippen molar-refractivity contribution in [3.8, 4) is 11.8 Å². The SMILES string of the molecule is NC(C#Cc1ccccc1)Cc1ccccc1. The predicted octanol–water partition coefficient (Wildman–Crippen LogP) is 2.61. The van der Waals surface area contributed by atoms with Gasteiger partial charge in [0.25, 0.3) is 0 Å². The van der Waals surface area contributed by atoms with Crippen LogP contribution in [0.5, 0.6) is 0 Å². The van der Waals surface area contributed by atoms with Gasteiger partial charge in [0.1, 0.15) is 0 Å². The number of nitrogens with two attached hydrogens (primary N) is 1. The highest BCUT2D eigenvalue weighted by Gasteiger charge is 1.98. The maximum absolute atomic E-state index is 5.98. The third kappa shape index (κ3) is 3.79. The summed E-state index contributed by atoms with van der Waals surface area (Å²) in [6, 6.07) is 20.0. The zero-order valence-corrected chi connectivity index (χ0v) is 9.64. The molecule has 1 nitrogen and oxygen atoms in total. The third-order valence-corrected chi connectivity index (χ3v) is 2.47. The van der Waals surface area contributed by atoms with Gasteiger partial charge in [-0.05, 0) is 24.1 Å². The molecule has 0 aromatic heterocycles. The maximum atomic E-state index is 5.98. The van der Waals surface area contributed by atoms with Crippen molar-refractivity contribution in [2.45, 2.75) is 12.5 Å². The van der Waals surface area contributed by atoms with Gasteiger partial charge < -0.3 is 5.73 Å². The lowest BCUT2D eigenvalue weighted by atomic mass is 10.1. The van der Waals surface area contributed by atoms with Gasteiger partial charge in [-0.15, -0.1) is 0 Å². The second kappa shape index (κ2) is 5.89. The van der Waals surface area contributed by atoms with Crippen LogP contribution in [0.15, 0.2) is 60.7 Å². The van der Waals surface area contributed by atoms with Crippen LogP contribution in [0.2, 0.25) is 0 Å². The number of hydrogen-bond donors (Lipinski definition) is 1. The summed E-state index contributed by atoms with van der Waals surface area (Å²) in [5.41, 5.74) is 8.21. The Morgan fingerprint density at radius 2 is 1.47 bits per heavy atom. The van der Waals surface area contributed by atoms with Gasteiger partial charge in [0.2, 0.25) is 0 Å². The van der Waals surface area contributed by atoms with Gasteiger partial charge in [-0.2, -0.15) is 0 Å². The lowest BCUT2D eigenvalue weighted by Gasteiger charge is -2.03. The first kappa shape index (κ1) is 11.4. The summed E-state index contributed by atoms with van der Waals surface area (Å²) < 4.78 is 0. The van der Waals surface area contributed by atoms with Gasteiger partial charge in [-0.25, -0.2) is 0 Å². The van der Waals surface area contributed by atoms with Crippen LogP contribution in [0.4, 0.5) is 0 Å². The van der Waals surface area contributed by atoms with Crippen molar-refractivity contribution in [2.75, 3.05) is 0 Å².